The van der Waals surface area contributed by atoms with Gasteiger partial charge in [0.25, 0.3) is 0 Å². The minimum absolute atomic E-state index is 0.174. The second-order valence-corrected chi connectivity index (χ2v) is 4.04. The highest BCUT2D eigenvalue weighted by molar-refractivity contribution is 4.94. The first-order valence-corrected chi connectivity index (χ1v) is 5.83. The van der Waals surface area contributed by atoms with E-state index in [1.54, 1.807) is 0 Å². The minimum Gasteiger partial charge on any atom is -0.384 e. The van der Waals surface area contributed by atoms with Crippen LogP contribution in [0.25, 0.3) is 0 Å². The van der Waals surface area contributed by atoms with Gasteiger partial charge in [-0.25, -0.2) is 0 Å². The number of hydrogen-bond donors (Lipinski definition) is 1. The molecule has 1 N–H and O–H groups in total. The minimum atomic E-state index is 0.174. The van der Waals surface area contributed by atoms with E-state index in [-0.39, 0.29) is 5.54 Å². The smallest absolute Gasteiger partial charge is 0.0286 e. The summed E-state index contributed by atoms with van der Waals surface area (Å²) in [5.74, 6) is 0. The largest absolute Gasteiger partial charge is 0.384 e. The molecule has 0 aromatic heterocycles. The summed E-state index contributed by atoms with van der Waals surface area (Å²) in [5, 5.41) is 3.27. The predicted molar refractivity (Wildman–Crippen MR) is 69.6 cm³/mol. The summed E-state index contributed by atoms with van der Waals surface area (Å²) in [6.07, 6.45) is 2.26. The van der Waals surface area contributed by atoms with Crippen molar-refractivity contribution >= 4 is 0 Å². The first kappa shape index (κ1) is 19.2. The summed E-state index contributed by atoms with van der Waals surface area (Å²) in [4.78, 5) is 0. The summed E-state index contributed by atoms with van der Waals surface area (Å²) in [5.41, 5.74) is 1.29. The molecule has 1 heteroatoms. The van der Waals surface area contributed by atoms with E-state index >= 15 is 0 Å². The van der Waals surface area contributed by atoms with Gasteiger partial charge in [0.05, 0.1) is 0 Å². The van der Waals surface area contributed by atoms with Crippen molar-refractivity contribution in [2.75, 3.05) is 0 Å². The van der Waals surface area contributed by atoms with Crippen LogP contribution in [0.4, 0.5) is 0 Å². The lowest BCUT2D eigenvalue weighted by Crippen LogP contribution is -2.34. The van der Waals surface area contributed by atoms with Crippen LogP contribution in [0.3, 0.4) is 0 Å². The Balaban J connectivity index is -0.000000205. The van der Waals surface area contributed by atoms with E-state index in [9.17, 15) is 0 Å². The molecule has 0 fully saturated rings. The number of hydrogen-bond acceptors (Lipinski definition) is 1. The average Bonchev–Trinajstić information content (AvgIpc) is 2.06. The first-order valence-electron chi connectivity index (χ1n) is 5.83. The van der Waals surface area contributed by atoms with Crippen LogP contribution in [0.1, 0.15) is 68.2 Å². The van der Waals surface area contributed by atoms with Gasteiger partial charge in [-0.1, -0.05) is 47.6 Å². The van der Waals surface area contributed by atoms with Crippen molar-refractivity contribution in [2.24, 2.45) is 0 Å². The van der Waals surface area contributed by atoms with Crippen molar-refractivity contribution in [2.45, 2.75) is 73.8 Å². The van der Waals surface area contributed by atoms with Crippen molar-refractivity contribution in [3.05, 3.63) is 12.3 Å². The standard InChI is InChI=1S/C8H17N.C3H8.C2H6/c1-6-7(2)9-8(3,4)5;1-3-2;1-2/h9H,2,6H2,1,3-5H3;3H2,1-2H3;1-2H3. The van der Waals surface area contributed by atoms with Crippen LogP contribution in [0.15, 0.2) is 12.3 Å². The van der Waals surface area contributed by atoms with Crippen molar-refractivity contribution in [3.8, 4) is 0 Å². The molecule has 0 atom stereocenters. The van der Waals surface area contributed by atoms with Gasteiger partial charge in [-0.05, 0) is 27.2 Å². The quantitative estimate of drug-likeness (QED) is 0.680. The van der Waals surface area contributed by atoms with Crippen LogP contribution in [0.2, 0.25) is 0 Å². The van der Waals surface area contributed by atoms with E-state index in [1.807, 2.05) is 13.8 Å². The Morgan fingerprint density at radius 3 is 1.43 bits per heavy atom. The average molecular weight is 201 g/mol. The molecule has 0 saturated carbocycles. The molecule has 0 amide bonds. The molecule has 14 heavy (non-hydrogen) atoms. The van der Waals surface area contributed by atoms with Gasteiger partial charge in [-0.2, -0.15) is 0 Å². The van der Waals surface area contributed by atoms with E-state index in [0.29, 0.717) is 0 Å². The maximum atomic E-state index is 3.85. The molecule has 0 bridgehead atoms. The van der Waals surface area contributed by atoms with Crippen LogP contribution < -0.4 is 5.32 Å². The van der Waals surface area contributed by atoms with Gasteiger partial charge in [0, 0.05) is 11.2 Å². The van der Waals surface area contributed by atoms with E-state index in [1.165, 1.54) is 6.42 Å². The molecular formula is C13H31N. The molecule has 0 aliphatic rings. The highest BCUT2D eigenvalue weighted by Crippen LogP contribution is 2.03. The fourth-order valence-electron chi connectivity index (χ4n) is 0.619. The lowest BCUT2D eigenvalue weighted by molar-refractivity contribution is 0.467. The molecule has 0 saturated heterocycles. The predicted octanol–water partition coefficient (Wildman–Crippen LogP) is 4.74. The lowest BCUT2D eigenvalue weighted by Gasteiger charge is -2.22. The zero-order valence-corrected chi connectivity index (χ0v) is 11.6. The maximum Gasteiger partial charge on any atom is 0.0286 e. The number of allylic oxidation sites excluding steroid dienone is 1. The third-order valence-electron chi connectivity index (χ3n) is 0.979. The molecule has 0 radical (unpaired) electrons. The van der Waals surface area contributed by atoms with Gasteiger partial charge in [0.2, 0.25) is 0 Å². The molecule has 0 aromatic carbocycles. The maximum absolute atomic E-state index is 3.85. The van der Waals surface area contributed by atoms with E-state index in [2.05, 4.69) is 53.4 Å². The molecule has 0 aliphatic carbocycles. The van der Waals surface area contributed by atoms with Crippen molar-refractivity contribution in [1.82, 2.24) is 5.32 Å². The topological polar surface area (TPSA) is 12.0 Å². The summed E-state index contributed by atoms with van der Waals surface area (Å²) in [6, 6.07) is 0. The van der Waals surface area contributed by atoms with Crippen molar-refractivity contribution in [1.29, 1.82) is 0 Å². The normalized spacial score (nSPS) is 8.86. The summed E-state index contributed by atoms with van der Waals surface area (Å²) >= 11 is 0. The zero-order valence-electron chi connectivity index (χ0n) is 11.6. The fourth-order valence-corrected chi connectivity index (χ4v) is 0.619. The summed E-state index contributed by atoms with van der Waals surface area (Å²) < 4.78 is 0. The highest BCUT2D eigenvalue weighted by Gasteiger charge is 2.07. The molecule has 1 nitrogen and oxygen atoms in total. The lowest BCUT2D eigenvalue weighted by atomic mass is 10.1. The van der Waals surface area contributed by atoms with E-state index < -0.39 is 0 Å². The molecule has 88 valence electrons. The zero-order chi connectivity index (χ0) is 12.2. The molecule has 0 rings (SSSR count). The summed E-state index contributed by atoms with van der Waals surface area (Å²) in [6.45, 7) is 20.6. The van der Waals surface area contributed by atoms with Gasteiger partial charge in [0.15, 0.2) is 0 Å². The second kappa shape index (κ2) is 12.5. The van der Waals surface area contributed by atoms with Crippen LogP contribution in [-0.4, -0.2) is 5.54 Å². The SMILES string of the molecule is C=C(CC)NC(C)(C)C.CC.CCC. The highest BCUT2D eigenvalue weighted by atomic mass is 15.0. The van der Waals surface area contributed by atoms with E-state index in [4.69, 9.17) is 0 Å². The fraction of sp³-hybridized carbons (Fsp3) is 0.846. The Hall–Kier alpha value is -0.460. The monoisotopic (exact) mass is 201 g/mol. The first-order chi connectivity index (χ1) is 6.37. The van der Waals surface area contributed by atoms with Gasteiger partial charge in [-0.3, -0.25) is 0 Å². The van der Waals surface area contributed by atoms with Crippen LogP contribution >= 0.6 is 0 Å². The molecule has 0 aromatic rings. The van der Waals surface area contributed by atoms with Crippen molar-refractivity contribution < 1.29 is 0 Å². The van der Waals surface area contributed by atoms with Gasteiger partial charge in [-0.15, -0.1) is 0 Å². The van der Waals surface area contributed by atoms with Crippen LogP contribution in [-0.2, 0) is 0 Å². The second-order valence-electron chi connectivity index (χ2n) is 4.04. The molecule has 0 heterocycles. The Morgan fingerprint density at radius 2 is 1.36 bits per heavy atom. The molecule has 0 aliphatic heterocycles. The Bertz CT molecular complexity index is 109. The number of rotatable bonds is 2. The molecular weight excluding hydrogens is 170 g/mol. The molecule has 0 unspecified atom stereocenters. The van der Waals surface area contributed by atoms with Gasteiger partial charge in [0.1, 0.15) is 0 Å². The Morgan fingerprint density at radius 1 is 1.07 bits per heavy atom. The third kappa shape index (κ3) is 30.0. The third-order valence-corrected chi connectivity index (χ3v) is 0.979. The summed E-state index contributed by atoms with van der Waals surface area (Å²) in [7, 11) is 0. The van der Waals surface area contributed by atoms with Crippen molar-refractivity contribution in [3.63, 3.8) is 0 Å². The number of nitrogens with one attached hydrogen (secondary N) is 1. The Labute approximate surface area is 92.0 Å². The van der Waals surface area contributed by atoms with Gasteiger partial charge < -0.3 is 5.32 Å². The Kier molecular flexibility index (Phi) is 17.2. The van der Waals surface area contributed by atoms with Gasteiger partial charge >= 0.3 is 0 Å². The van der Waals surface area contributed by atoms with E-state index in [0.717, 1.165) is 12.1 Å². The van der Waals surface area contributed by atoms with Crippen LogP contribution in [0, 0.1) is 0 Å². The van der Waals surface area contributed by atoms with Crippen LogP contribution in [0.5, 0.6) is 0 Å². The molecule has 0 spiro atoms.